The molecule has 0 bridgehead atoms. The van der Waals surface area contributed by atoms with Gasteiger partial charge in [0.05, 0.1) is 11.3 Å². The highest BCUT2D eigenvalue weighted by molar-refractivity contribution is 7.80. The third-order valence-corrected chi connectivity index (χ3v) is 3.18. The van der Waals surface area contributed by atoms with Crippen molar-refractivity contribution in [3.05, 3.63) is 58.4 Å². The van der Waals surface area contributed by atoms with Gasteiger partial charge in [0.25, 0.3) is 5.56 Å². The molecule has 19 heavy (non-hydrogen) atoms. The zero-order chi connectivity index (χ0) is 13.8. The van der Waals surface area contributed by atoms with E-state index in [1.165, 1.54) is 0 Å². The quantitative estimate of drug-likeness (QED) is 0.870. The molecular formula is C15H16N2OS. The second-order valence-corrected chi connectivity index (χ2v) is 4.76. The largest absolute Gasteiger partial charge is 0.389 e. The molecule has 2 aromatic rings. The van der Waals surface area contributed by atoms with Crippen LogP contribution in [0, 0.1) is 0 Å². The van der Waals surface area contributed by atoms with Crippen LogP contribution in [0.3, 0.4) is 0 Å². The SMILES string of the molecule is CCCn1c(-c2ccccc2)ccc(C(N)=S)c1=O. The van der Waals surface area contributed by atoms with Crippen LogP contribution < -0.4 is 11.3 Å². The van der Waals surface area contributed by atoms with Gasteiger partial charge in [0, 0.05) is 6.54 Å². The lowest BCUT2D eigenvalue weighted by Crippen LogP contribution is -2.29. The standard InChI is InChI=1S/C15H16N2OS/c1-2-10-17-13(11-6-4-3-5-7-11)9-8-12(14(16)19)15(17)18/h3-9H,2,10H2,1H3,(H2,16,19). The van der Waals surface area contributed by atoms with Crippen molar-refractivity contribution in [3.8, 4) is 11.3 Å². The Balaban J connectivity index is 2.66. The van der Waals surface area contributed by atoms with Gasteiger partial charge in [0.15, 0.2) is 0 Å². The number of pyridine rings is 1. The Morgan fingerprint density at radius 1 is 1.21 bits per heavy atom. The normalized spacial score (nSPS) is 10.4. The Morgan fingerprint density at radius 2 is 1.89 bits per heavy atom. The first-order valence-electron chi connectivity index (χ1n) is 6.24. The molecule has 0 aliphatic rings. The minimum absolute atomic E-state index is 0.115. The highest BCUT2D eigenvalue weighted by Crippen LogP contribution is 2.18. The van der Waals surface area contributed by atoms with Crippen LogP contribution in [0.1, 0.15) is 18.9 Å². The minimum atomic E-state index is -0.115. The average molecular weight is 272 g/mol. The van der Waals surface area contributed by atoms with Crippen molar-refractivity contribution in [1.82, 2.24) is 4.57 Å². The van der Waals surface area contributed by atoms with Crippen LogP contribution in [0.15, 0.2) is 47.3 Å². The number of hydrogen-bond donors (Lipinski definition) is 1. The lowest BCUT2D eigenvalue weighted by Gasteiger charge is -2.13. The fourth-order valence-electron chi connectivity index (χ4n) is 2.07. The van der Waals surface area contributed by atoms with Gasteiger partial charge in [0.1, 0.15) is 4.99 Å². The fraction of sp³-hybridized carbons (Fsp3) is 0.200. The molecule has 0 spiro atoms. The number of thiocarbonyl (C=S) groups is 1. The van der Waals surface area contributed by atoms with Gasteiger partial charge >= 0.3 is 0 Å². The van der Waals surface area contributed by atoms with E-state index in [2.05, 4.69) is 0 Å². The van der Waals surface area contributed by atoms with Gasteiger partial charge in [-0.2, -0.15) is 0 Å². The maximum absolute atomic E-state index is 12.4. The van der Waals surface area contributed by atoms with Gasteiger partial charge in [-0.25, -0.2) is 0 Å². The first-order chi connectivity index (χ1) is 9.15. The maximum atomic E-state index is 12.4. The molecule has 98 valence electrons. The van der Waals surface area contributed by atoms with E-state index in [4.69, 9.17) is 18.0 Å². The highest BCUT2D eigenvalue weighted by atomic mass is 32.1. The smallest absolute Gasteiger partial charge is 0.261 e. The minimum Gasteiger partial charge on any atom is -0.389 e. The molecule has 0 radical (unpaired) electrons. The lowest BCUT2D eigenvalue weighted by molar-refractivity contribution is 0.660. The summed E-state index contributed by atoms with van der Waals surface area (Å²) in [5.41, 5.74) is 7.79. The van der Waals surface area contributed by atoms with Crippen LogP contribution in [0.2, 0.25) is 0 Å². The third-order valence-electron chi connectivity index (χ3n) is 2.96. The summed E-state index contributed by atoms with van der Waals surface area (Å²) in [6.07, 6.45) is 0.876. The Morgan fingerprint density at radius 3 is 2.47 bits per heavy atom. The van der Waals surface area contributed by atoms with Crippen LogP contribution in [-0.2, 0) is 6.54 Å². The Kier molecular flexibility index (Phi) is 4.12. The molecule has 0 amide bonds. The fourth-order valence-corrected chi connectivity index (χ4v) is 2.23. The molecule has 1 aromatic carbocycles. The third kappa shape index (κ3) is 2.74. The number of hydrogen-bond acceptors (Lipinski definition) is 2. The molecule has 2 rings (SSSR count). The van der Waals surface area contributed by atoms with Gasteiger partial charge < -0.3 is 10.3 Å². The van der Waals surface area contributed by atoms with E-state index in [1.54, 1.807) is 10.6 Å². The number of aromatic nitrogens is 1. The van der Waals surface area contributed by atoms with E-state index >= 15 is 0 Å². The predicted octanol–water partition coefficient (Wildman–Crippen LogP) is 2.56. The summed E-state index contributed by atoms with van der Waals surface area (Å²) in [4.78, 5) is 12.5. The molecule has 0 aliphatic heterocycles. The van der Waals surface area contributed by atoms with Crippen LogP contribution in [-0.4, -0.2) is 9.56 Å². The molecule has 3 nitrogen and oxygen atoms in total. The van der Waals surface area contributed by atoms with E-state index in [0.717, 1.165) is 17.7 Å². The van der Waals surface area contributed by atoms with E-state index in [1.807, 2.05) is 43.3 Å². The zero-order valence-electron chi connectivity index (χ0n) is 10.8. The molecule has 0 saturated carbocycles. The monoisotopic (exact) mass is 272 g/mol. The summed E-state index contributed by atoms with van der Waals surface area (Å²) in [7, 11) is 0. The van der Waals surface area contributed by atoms with E-state index < -0.39 is 0 Å². The molecule has 0 unspecified atom stereocenters. The van der Waals surface area contributed by atoms with Gasteiger partial charge in [-0.15, -0.1) is 0 Å². The van der Waals surface area contributed by atoms with Crippen LogP contribution in [0.5, 0.6) is 0 Å². The van der Waals surface area contributed by atoms with Gasteiger partial charge in [-0.3, -0.25) is 4.79 Å². The summed E-state index contributed by atoms with van der Waals surface area (Å²) in [5.74, 6) is 0. The summed E-state index contributed by atoms with van der Waals surface area (Å²) < 4.78 is 1.74. The summed E-state index contributed by atoms with van der Waals surface area (Å²) >= 11 is 4.92. The van der Waals surface area contributed by atoms with Crippen LogP contribution in [0.4, 0.5) is 0 Å². The topological polar surface area (TPSA) is 48.0 Å². The number of nitrogens with zero attached hydrogens (tertiary/aromatic N) is 1. The molecule has 4 heteroatoms. The maximum Gasteiger partial charge on any atom is 0.261 e. The molecule has 0 atom stereocenters. The molecular weight excluding hydrogens is 256 g/mol. The van der Waals surface area contributed by atoms with E-state index in [9.17, 15) is 4.79 Å². The van der Waals surface area contributed by atoms with Gasteiger partial charge in [-0.1, -0.05) is 49.5 Å². The lowest BCUT2D eigenvalue weighted by atomic mass is 10.1. The highest BCUT2D eigenvalue weighted by Gasteiger charge is 2.11. The second kappa shape index (κ2) is 5.80. The van der Waals surface area contributed by atoms with Crippen molar-refractivity contribution in [2.24, 2.45) is 5.73 Å². The second-order valence-electron chi connectivity index (χ2n) is 4.32. The first kappa shape index (κ1) is 13.5. The molecule has 2 N–H and O–H groups in total. The van der Waals surface area contributed by atoms with Crippen molar-refractivity contribution >= 4 is 17.2 Å². The van der Waals surface area contributed by atoms with Gasteiger partial charge in [0.2, 0.25) is 0 Å². The Bertz CT molecular complexity index is 647. The number of benzene rings is 1. The van der Waals surface area contributed by atoms with Crippen molar-refractivity contribution in [2.45, 2.75) is 19.9 Å². The Labute approximate surface area is 117 Å². The molecule has 0 aliphatic carbocycles. The predicted molar refractivity (Wildman–Crippen MR) is 82.3 cm³/mol. The van der Waals surface area contributed by atoms with Crippen molar-refractivity contribution in [3.63, 3.8) is 0 Å². The first-order valence-corrected chi connectivity index (χ1v) is 6.65. The van der Waals surface area contributed by atoms with Crippen molar-refractivity contribution < 1.29 is 0 Å². The van der Waals surface area contributed by atoms with Gasteiger partial charge in [-0.05, 0) is 24.1 Å². The number of nitrogens with two attached hydrogens (primary N) is 1. The summed E-state index contributed by atoms with van der Waals surface area (Å²) in [5, 5.41) is 0. The summed E-state index contributed by atoms with van der Waals surface area (Å²) in [6, 6.07) is 13.5. The Hall–Kier alpha value is -1.94. The average Bonchev–Trinajstić information content (AvgIpc) is 2.41. The molecule has 1 heterocycles. The molecule has 1 aromatic heterocycles. The molecule has 0 saturated heterocycles. The van der Waals surface area contributed by atoms with Crippen LogP contribution in [0.25, 0.3) is 11.3 Å². The van der Waals surface area contributed by atoms with Crippen LogP contribution >= 0.6 is 12.2 Å². The molecule has 0 fully saturated rings. The summed E-state index contributed by atoms with van der Waals surface area (Å²) in [6.45, 7) is 2.69. The zero-order valence-corrected chi connectivity index (χ0v) is 11.6. The number of rotatable bonds is 4. The van der Waals surface area contributed by atoms with Crippen molar-refractivity contribution in [1.29, 1.82) is 0 Å². The van der Waals surface area contributed by atoms with Crippen molar-refractivity contribution in [2.75, 3.05) is 0 Å². The van der Waals surface area contributed by atoms with E-state index in [0.29, 0.717) is 12.1 Å². The van der Waals surface area contributed by atoms with E-state index in [-0.39, 0.29) is 10.5 Å².